The average molecular weight is 298 g/mol. The molecule has 1 aromatic rings. The lowest BCUT2D eigenvalue weighted by Gasteiger charge is -2.28. The van der Waals surface area contributed by atoms with Gasteiger partial charge in [-0.05, 0) is 17.7 Å². The number of hydrogen-bond acceptors (Lipinski definition) is 3. The Hall–Kier alpha value is -2.48. The fourth-order valence-electron chi connectivity index (χ4n) is 2.07. The molecule has 0 fully saturated rings. The molecule has 1 unspecified atom stereocenters. The Morgan fingerprint density at radius 1 is 1.38 bits per heavy atom. The number of amides is 2. The van der Waals surface area contributed by atoms with Gasteiger partial charge in [-0.1, -0.05) is 6.07 Å². The number of rotatable bonds is 4. The SMILES string of the molecule is COCC1=C(C(=O)O)C(c2ccc(F)c(F)c2)NC(=O)N1. The van der Waals surface area contributed by atoms with Gasteiger partial charge in [0.05, 0.1) is 23.9 Å². The van der Waals surface area contributed by atoms with Gasteiger partial charge in [0.25, 0.3) is 0 Å². The minimum Gasteiger partial charge on any atom is -0.478 e. The second kappa shape index (κ2) is 5.88. The molecule has 2 rings (SSSR count). The number of halogens is 2. The number of nitrogens with one attached hydrogen (secondary N) is 2. The number of carbonyl (C=O) groups excluding carboxylic acids is 1. The summed E-state index contributed by atoms with van der Waals surface area (Å²) in [4.78, 5) is 23.0. The molecule has 6 nitrogen and oxygen atoms in total. The first kappa shape index (κ1) is 14.9. The lowest BCUT2D eigenvalue weighted by atomic mass is 9.95. The molecule has 1 aromatic carbocycles. The summed E-state index contributed by atoms with van der Waals surface area (Å²) in [7, 11) is 1.34. The standard InChI is InChI=1S/C13H12F2N2O4/c1-21-5-9-10(12(18)19)11(17-13(20)16-9)6-2-3-7(14)8(15)4-6/h2-4,11H,5H2,1H3,(H,18,19)(H2,16,17,20). The van der Waals surface area contributed by atoms with Gasteiger partial charge < -0.3 is 20.5 Å². The second-order valence-electron chi connectivity index (χ2n) is 4.34. The van der Waals surface area contributed by atoms with E-state index in [1.54, 1.807) is 0 Å². The Labute approximate surface area is 118 Å². The molecule has 1 aliphatic rings. The zero-order valence-corrected chi connectivity index (χ0v) is 10.9. The third-order valence-electron chi connectivity index (χ3n) is 2.95. The summed E-state index contributed by atoms with van der Waals surface area (Å²) in [5.41, 5.74) is -0.0132. The highest BCUT2D eigenvalue weighted by atomic mass is 19.2. The first-order valence-electron chi connectivity index (χ1n) is 5.91. The van der Waals surface area contributed by atoms with E-state index >= 15 is 0 Å². The van der Waals surface area contributed by atoms with Crippen molar-refractivity contribution in [3.63, 3.8) is 0 Å². The Bertz CT molecular complexity index is 631. The van der Waals surface area contributed by atoms with Crippen molar-refractivity contribution >= 4 is 12.0 Å². The smallest absolute Gasteiger partial charge is 0.335 e. The van der Waals surface area contributed by atoms with E-state index in [0.717, 1.165) is 12.1 Å². The molecule has 0 radical (unpaired) electrons. The minimum atomic E-state index is -1.30. The number of carboxylic acid groups (broad SMARTS) is 1. The molecule has 0 spiro atoms. The Balaban J connectivity index is 2.52. The van der Waals surface area contributed by atoms with Crippen molar-refractivity contribution in [2.75, 3.05) is 13.7 Å². The number of ether oxygens (including phenoxy) is 1. The molecule has 0 saturated carbocycles. The monoisotopic (exact) mass is 298 g/mol. The number of aliphatic carboxylic acids is 1. The molecule has 0 saturated heterocycles. The number of benzene rings is 1. The fourth-order valence-corrected chi connectivity index (χ4v) is 2.07. The topological polar surface area (TPSA) is 87.7 Å². The average Bonchev–Trinajstić information content (AvgIpc) is 2.41. The second-order valence-corrected chi connectivity index (χ2v) is 4.34. The molecule has 3 N–H and O–H groups in total. The van der Waals surface area contributed by atoms with Crippen molar-refractivity contribution in [2.24, 2.45) is 0 Å². The lowest BCUT2D eigenvalue weighted by Crippen LogP contribution is -2.46. The summed E-state index contributed by atoms with van der Waals surface area (Å²) in [5.74, 6) is -3.49. The van der Waals surface area contributed by atoms with Gasteiger partial charge in [0.2, 0.25) is 0 Å². The lowest BCUT2D eigenvalue weighted by molar-refractivity contribution is -0.133. The third-order valence-corrected chi connectivity index (χ3v) is 2.95. The van der Waals surface area contributed by atoms with Crippen molar-refractivity contribution in [1.82, 2.24) is 10.6 Å². The van der Waals surface area contributed by atoms with Gasteiger partial charge >= 0.3 is 12.0 Å². The number of hydrogen-bond donors (Lipinski definition) is 3. The molecular formula is C13H12F2N2O4. The molecule has 21 heavy (non-hydrogen) atoms. The maximum Gasteiger partial charge on any atom is 0.335 e. The molecule has 2 amide bonds. The molecule has 0 aliphatic carbocycles. The maximum atomic E-state index is 13.3. The van der Waals surface area contributed by atoms with Crippen LogP contribution in [-0.2, 0) is 9.53 Å². The molecule has 1 aliphatic heterocycles. The Kier molecular flexibility index (Phi) is 4.18. The van der Waals surface area contributed by atoms with Crippen LogP contribution in [0.25, 0.3) is 0 Å². The molecule has 0 bridgehead atoms. The van der Waals surface area contributed by atoms with E-state index in [2.05, 4.69) is 10.6 Å². The fraction of sp³-hybridized carbons (Fsp3) is 0.231. The highest BCUT2D eigenvalue weighted by Gasteiger charge is 2.33. The number of carboxylic acids is 1. The van der Waals surface area contributed by atoms with Crippen LogP contribution < -0.4 is 10.6 Å². The van der Waals surface area contributed by atoms with Gasteiger partial charge in [-0.2, -0.15) is 0 Å². The van der Waals surface area contributed by atoms with Crippen molar-refractivity contribution in [3.05, 3.63) is 46.7 Å². The normalized spacial score (nSPS) is 18.2. The van der Waals surface area contributed by atoms with Crippen LogP contribution >= 0.6 is 0 Å². The van der Waals surface area contributed by atoms with Crippen LogP contribution in [0.5, 0.6) is 0 Å². The summed E-state index contributed by atoms with van der Waals surface area (Å²) in [6.07, 6.45) is 0. The highest BCUT2D eigenvalue weighted by molar-refractivity contribution is 5.93. The molecular weight excluding hydrogens is 286 g/mol. The molecule has 8 heteroatoms. The predicted molar refractivity (Wildman–Crippen MR) is 67.3 cm³/mol. The van der Waals surface area contributed by atoms with Crippen LogP contribution in [-0.4, -0.2) is 30.8 Å². The third kappa shape index (κ3) is 3.00. The van der Waals surface area contributed by atoms with Gasteiger partial charge in [-0.3, -0.25) is 0 Å². The van der Waals surface area contributed by atoms with Crippen LogP contribution in [0, 0.1) is 11.6 Å². The highest BCUT2D eigenvalue weighted by Crippen LogP contribution is 2.27. The van der Waals surface area contributed by atoms with Crippen LogP contribution in [0.4, 0.5) is 13.6 Å². The number of urea groups is 1. The van der Waals surface area contributed by atoms with E-state index < -0.39 is 29.7 Å². The minimum absolute atomic E-state index is 0.0588. The van der Waals surface area contributed by atoms with Crippen LogP contribution in [0.15, 0.2) is 29.5 Å². The summed E-state index contributed by atoms with van der Waals surface area (Å²) in [6.45, 7) is -0.130. The van der Waals surface area contributed by atoms with Crippen molar-refractivity contribution in [1.29, 1.82) is 0 Å². The number of methoxy groups -OCH3 is 1. The van der Waals surface area contributed by atoms with Gasteiger partial charge in [0.15, 0.2) is 11.6 Å². The van der Waals surface area contributed by atoms with Crippen molar-refractivity contribution in [3.8, 4) is 0 Å². The zero-order valence-electron chi connectivity index (χ0n) is 10.9. The molecule has 1 heterocycles. The Morgan fingerprint density at radius 2 is 2.10 bits per heavy atom. The first-order valence-corrected chi connectivity index (χ1v) is 5.91. The summed E-state index contributed by atoms with van der Waals surface area (Å²) in [5, 5.41) is 14.0. The first-order chi connectivity index (χ1) is 9.93. The van der Waals surface area contributed by atoms with E-state index in [9.17, 15) is 23.5 Å². The quantitative estimate of drug-likeness (QED) is 0.782. The van der Waals surface area contributed by atoms with E-state index in [-0.39, 0.29) is 23.4 Å². The van der Waals surface area contributed by atoms with Gasteiger partial charge in [-0.15, -0.1) is 0 Å². The molecule has 0 aromatic heterocycles. The maximum absolute atomic E-state index is 13.3. The summed E-state index contributed by atoms with van der Waals surface area (Å²) >= 11 is 0. The molecule has 1 atom stereocenters. The summed E-state index contributed by atoms with van der Waals surface area (Å²) in [6, 6.07) is 1.17. The van der Waals surface area contributed by atoms with Crippen molar-refractivity contribution < 1.29 is 28.2 Å². The molecule has 112 valence electrons. The van der Waals surface area contributed by atoms with Gasteiger partial charge in [0, 0.05) is 7.11 Å². The number of carbonyl (C=O) groups is 2. The predicted octanol–water partition coefficient (Wildman–Crippen LogP) is 1.30. The van der Waals surface area contributed by atoms with Crippen molar-refractivity contribution in [2.45, 2.75) is 6.04 Å². The largest absolute Gasteiger partial charge is 0.478 e. The van der Waals surface area contributed by atoms with Crippen LogP contribution in [0.3, 0.4) is 0 Å². The van der Waals surface area contributed by atoms with Crippen LogP contribution in [0.2, 0.25) is 0 Å². The summed E-state index contributed by atoms with van der Waals surface area (Å²) < 4.78 is 31.1. The van der Waals surface area contributed by atoms with Crippen LogP contribution in [0.1, 0.15) is 11.6 Å². The van der Waals surface area contributed by atoms with E-state index in [1.165, 1.54) is 13.2 Å². The zero-order chi connectivity index (χ0) is 15.6. The van der Waals surface area contributed by atoms with Gasteiger partial charge in [0.1, 0.15) is 0 Å². The van der Waals surface area contributed by atoms with E-state index in [1.807, 2.05) is 0 Å². The Morgan fingerprint density at radius 3 is 2.67 bits per heavy atom. The van der Waals surface area contributed by atoms with E-state index in [4.69, 9.17) is 4.74 Å². The van der Waals surface area contributed by atoms with Gasteiger partial charge in [-0.25, -0.2) is 18.4 Å². The van der Waals surface area contributed by atoms with E-state index in [0.29, 0.717) is 0 Å².